The van der Waals surface area contributed by atoms with Gasteiger partial charge in [0.2, 0.25) is 0 Å². The zero-order valence-corrected chi connectivity index (χ0v) is 13.4. The molecule has 25 heavy (non-hydrogen) atoms. The first-order valence-electron chi connectivity index (χ1n) is 8.07. The van der Waals surface area contributed by atoms with Crippen LogP contribution in [-0.2, 0) is 11.0 Å². The number of alkyl halides is 3. The Kier molecular flexibility index (Phi) is 4.44. The number of anilines is 1. The number of nitro benzene ring substituents is 1. The Hall–Kier alpha value is -2.16. The predicted molar refractivity (Wildman–Crippen MR) is 84.2 cm³/mol. The number of Topliss-reactive ketones (excluding diaryl/α,β-unsaturated/α-hetero) is 1. The van der Waals surface area contributed by atoms with Gasteiger partial charge in [0.1, 0.15) is 11.5 Å². The molecule has 1 atom stereocenters. The highest BCUT2D eigenvalue weighted by Crippen LogP contribution is 2.41. The van der Waals surface area contributed by atoms with Crippen LogP contribution in [0.1, 0.15) is 24.8 Å². The summed E-state index contributed by atoms with van der Waals surface area (Å²) in [5.74, 6) is 0.109. The molecule has 0 aromatic heterocycles. The lowest BCUT2D eigenvalue weighted by Gasteiger charge is -2.27. The normalized spacial score (nSPS) is 23.5. The van der Waals surface area contributed by atoms with Gasteiger partial charge in [0.25, 0.3) is 5.69 Å². The highest BCUT2D eigenvalue weighted by Gasteiger charge is 2.47. The van der Waals surface area contributed by atoms with E-state index in [0.29, 0.717) is 25.6 Å². The van der Waals surface area contributed by atoms with Crippen molar-refractivity contribution in [2.24, 2.45) is 11.3 Å². The highest BCUT2D eigenvalue weighted by molar-refractivity contribution is 5.90. The van der Waals surface area contributed by atoms with E-state index in [4.69, 9.17) is 0 Å². The average Bonchev–Trinajstić information content (AvgIpc) is 3.29. The van der Waals surface area contributed by atoms with Gasteiger partial charge in [0, 0.05) is 25.1 Å². The molecule has 2 aliphatic rings. The molecule has 1 heterocycles. The monoisotopic (exact) mass is 357 g/mol. The second kappa shape index (κ2) is 6.29. The fourth-order valence-electron chi connectivity index (χ4n) is 3.25. The minimum absolute atomic E-state index is 0.0122. The third kappa shape index (κ3) is 3.60. The molecule has 9 heteroatoms. The molecule has 6 nitrogen and oxygen atoms in total. The molecule has 1 aliphatic heterocycles. The van der Waals surface area contributed by atoms with Crippen molar-refractivity contribution in [3.05, 3.63) is 33.9 Å². The Balaban J connectivity index is 1.85. The molecule has 0 unspecified atom stereocenters. The topological polar surface area (TPSA) is 84.3 Å². The van der Waals surface area contributed by atoms with Gasteiger partial charge in [-0.15, -0.1) is 0 Å². The van der Waals surface area contributed by atoms with E-state index in [2.05, 4.69) is 10.6 Å². The van der Waals surface area contributed by atoms with Crippen molar-refractivity contribution >= 4 is 17.2 Å². The number of carbonyl (C=O) groups excluding carboxylic acids is 1. The van der Waals surface area contributed by atoms with Crippen molar-refractivity contribution < 1.29 is 22.9 Å². The molecule has 1 saturated heterocycles. The molecule has 1 aromatic rings. The third-order valence-electron chi connectivity index (χ3n) is 4.85. The summed E-state index contributed by atoms with van der Waals surface area (Å²) in [6.07, 6.45) is -2.35. The quantitative estimate of drug-likeness (QED) is 0.604. The highest BCUT2D eigenvalue weighted by atomic mass is 19.4. The van der Waals surface area contributed by atoms with E-state index in [1.165, 1.54) is 0 Å². The van der Waals surface area contributed by atoms with E-state index < -0.39 is 27.8 Å². The fourth-order valence-corrected chi connectivity index (χ4v) is 3.25. The first-order valence-corrected chi connectivity index (χ1v) is 8.07. The van der Waals surface area contributed by atoms with E-state index in [0.717, 1.165) is 25.0 Å². The third-order valence-corrected chi connectivity index (χ3v) is 4.85. The van der Waals surface area contributed by atoms with Crippen LogP contribution < -0.4 is 10.6 Å². The molecular weight excluding hydrogens is 339 g/mol. The first-order chi connectivity index (χ1) is 11.7. The number of hydrogen-bond acceptors (Lipinski definition) is 5. The van der Waals surface area contributed by atoms with Crippen molar-refractivity contribution in [1.29, 1.82) is 0 Å². The minimum atomic E-state index is -4.60. The number of hydrogen-bond donors (Lipinski definition) is 2. The molecule has 1 aliphatic carbocycles. The smallest absolute Gasteiger partial charge is 0.378 e. The van der Waals surface area contributed by atoms with Crippen LogP contribution in [0.25, 0.3) is 0 Å². The largest absolute Gasteiger partial charge is 0.416 e. The van der Waals surface area contributed by atoms with Gasteiger partial charge in [-0.05, 0) is 37.9 Å². The standard InChI is InChI=1S/C16H18F3N3O3/c17-16(18,19)11-3-4-13(22(24)25)12(7-11)21-9-15(5-6-20-8-15)14(23)10-1-2-10/h3-4,7,10,20-21H,1-2,5-6,8-9H2/t15-/m0/s1. The summed E-state index contributed by atoms with van der Waals surface area (Å²) in [5, 5.41) is 17.0. The zero-order valence-electron chi connectivity index (χ0n) is 13.4. The van der Waals surface area contributed by atoms with Gasteiger partial charge in [-0.2, -0.15) is 13.2 Å². The Morgan fingerprint density at radius 1 is 1.40 bits per heavy atom. The van der Waals surface area contributed by atoms with Gasteiger partial charge in [-0.3, -0.25) is 14.9 Å². The molecule has 1 saturated carbocycles. The van der Waals surface area contributed by atoms with E-state index in [1.54, 1.807) is 0 Å². The van der Waals surface area contributed by atoms with E-state index in [1.807, 2.05) is 0 Å². The maximum absolute atomic E-state index is 12.9. The molecule has 2 N–H and O–H groups in total. The van der Waals surface area contributed by atoms with Crippen LogP contribution in [0.3, 0.4) is 0 Å². The number of halogens is 3. The molecule has 3 rings (SSSR count). The number of benzene rings is 1. The summed E-state index contributed by atoms with van der Waals surface area (Å²) in [6, 6.07) is 2.26. The molecule has 0 amide bonds. The van der Waals surface area contributed by atoms with Crippen molar-refractivity contribution in [3.8, 4) is 0 Å². The Labute approximate surface area is 141 Å². The molecule has 0 radical (unpaired) electrons. The second-order valence-corrected chi connectivity index (χ2v) is 6.69. The summed E-state index contributed by atoms with van der Waals surface area (Å²) in [5.41, 5.74) is -2.33. The molecule has 136 valence electrons. The number of nitrogens with zero attached hydrogens (tertiary/aromatic N) is 1. The van der Waals surface area contributed by atoms with E-state index in [9.17, 15) is 28.1 Å². The van der Waals surface area contributed by atoms with E-state index >= 15 is 0 Å². The van der Waals surface area contributed by atoms with Crippen molar-refractivity contribution in [1.82, 2.24) is 5.32 Å². The number of carbonyl (C=O) groups is 1. The zero-order chi connectivity index (χ0) is 18.2. The SMILES string of the molecule is O=C(C1CC1)[C@@]1(CNc2cc(C(F)(F)F)ccc2[N+](=O)[O-])CCNC1. The van der Waals surface area contributed by atoms with Gasteiger partial charge in [-0.25, -0.2) is 0 Å². The van der Waals surface area contributed by atoms with Crippen LogP contribution in [0.2, 0.25) is 0 Å². The van der Waals surface area contributed by atoms with Gasteiger partial charge >= 0.3 is 6.18 Å². The average molecular weight is 357 g/mol. The Bertz CT molecular complexity index is 696. The summed E-state index contributed by atoms with van der Waals surface area (Å²) in [4.78, 5) is 23.0. The minimum Gasteiger partial charge on any atom is -0.378 e. The van der Waals surface area contributed by atoms with Crippen LogP contribution in [0.15, 0.2) is 18.2 Å². The van der Waals surface area contributed by atoms with Gasteiger partial charge in [0.15, 0.2) is 0 Å². The lowest BCUT2D eigenvalue weighted by molar-refractivity contribution is -0.384. The number of nitro groups is 1. The second-order valence-electron chi connectivity index (χ2n) is 6.69. The van der Waals surface area contributed by atoms with Crippen LogP contribution in [-0.4, -0.2) is 30.3 Å². The van der Waals surface area contributed by atoms with Crippen LogP contribution >= 0.6 is 0 Å². The number of ketones is 1. The summed E-state index contributed by atoms with van der Waals surface area (Å²) in [6.45, 7) is 1.16. The van der Waals surface area contributed by atoms with Gasteiger partial charge < -0.3 is 10.6 Å². The summed E-state index contributed by atoms with van der Waals surface area (Å²) >= 11 is 0. The van der Waals surface area contributed by atoms with Crippen molar-refractivity contribution in [3.63, 3.8) is 0 Å². The summed E-state index contributed by atoms with van der Waals surface area (Å²) in [7, 11) is 0. The Morgan fingerprint density at radius 3 is 2.64 bits per heavy atom. The number of nitrogens with one attached hydrogen (secondary N) is 2. The van der Waals surface area contributed by atoms with Crippen molar-refractivity contribution in [2.75, 3.05) is 25.0 Å². The fraction of sp³-hybridized carbons (Fsp3) is 0.562. The molecule has 2 fully saturated rings. The maximum Gasteiger partial charge on any atom is 0.416 e. The van der Waals surface area contributed by atoms with Crippen LogP contribution in [0, 0.1) is 21.4 Å². The molecule has 0 spiro atoms. The van der Waals surface area contributed by atoms with Crippen LogP contribution in [0.4, 0.5) is 24.5 Å². The number of rotatable bonds is 6. The first kappa shape index (κ1) is 17.7. The van der Waals surface area contributed by atoms with Gasteiger partial charge in [0.05, 0.1) is 15.9 Å². The van der Waals surface area contributed by atoms with Gasteiger partial charge in [-0.1, -0.05) is 0 Å². The van der Waals surface area contributed by atoms with Crippen molar-refractivity contribution in [2.45, 2.75) is 25.4 Å². The molecule has 0 bridgehead atoms. The Morgan fingerprint density at radius 2 is 2.12 bits per heavy atom. The maximum atomic E-state index is 12.9. The summed E-state index contributed by atoms with van der Waals surface area (Å²) < 4.78 is 38.7. The lowest BCUT2D eigenvalue weighted by Crippen LogP contribution is -2.41. The predicted octanol–water partition coefficient (Wildman–Crippen LogP) is 2.98. The molecule has 1 aromatic carbocycles. The molecular formula is C16H18F3N3O3. The van der Waals surface area contributed by atoms with E-state index in [-0.39, 0.29) is 23.9 Å². The van der Waals surface area contributed by atoms with Crippen LogP contribution in [0.5, 0.6) is 0 Å². The lowest BCUT2D eigenvalue weighted by atomic mass is 9.80.